The Morgan fingerprint density at radius 1 is 1.00 bits per heavy atom. The van der Waals surface area contributed by atoms with Crippen LogP contribution in [0.3, 0.4) is 0 Å². The van der Waals surface area contributed by atoms with Gasteiger partial charge in [-0.25, -0.2) is 0 Å². The SMILES string of the molecule is Cc1c(C(=O)c2nnc(-c3cccnn3)o2)c2ccccc2n1Cc1ccc(Cl)cc1. The van der Waals surface area contributed by atoms with Crippen LogP contribution >= 0.6 is 11.6 Å². The molecule has 5 rings (SSSR count). The molecule has 0 radical (unpaired) electrons. The van der Waals surface area contributed by atoms with Crippen LogP contribution in [0, 0.1) is 6.92 Å². The number of hydrogen-bond donors (Lipinski definition) is 0. The summed E-state index contributed by atoms with van der Waals surface area (Å²) in [4.78, 5) is 13.4. The van der Waals surface area contributed by atoms with Crippen molar-refractivity contribution >= 4 is 28.3 Å². The maximum absolute atomic E-state index is 13.4. The van der Waals surface area contributed by atoms with Gasteiger partial charge in [0, 0.05) is 34.4 Å². The molecule has 0 saturated carbocycles. The monoisotopic (exact) mass is 429 g/mol. The number of halogens is 1. The van der Waals surface area contributed by atoms with Crippen molar-refractivity contribution in [3.05, 3.63) is 94.6 Å². The summed E-state index contributed by atoms with van der Waals surface area (Å²) in [6.07, 6.45) is 1.55. The second kappa shape index (κ2) is 7.77. The van der Waals surface area contributed by atoms with E-state index in [-0.39, 0.29) is 17.6 Å². The zero-order chi connectivity index (χ0) is 21.4. The van der Waals surface area contributed by atoms with Gasteiger partial charge in [0.1, 0.15) is 5.69 Å². The smallest absolute Gasteiger partial charge is 0.289 e. The molecule has 0 N–H and O–H groups in total. The van der Waals surface area contributed by atoms with Crippen molar-refractivity contribution < 1.29 is 9.21 Å². The average molecular weight is 430 g/mol. The maximum Gasteiger partial charge on any atom is 0.289 e. The number of hydrogen-bond acceptors (Lipinski definition) is 6. The Kier molecular flexibility index (Phi) is 4.80. The Bertz CT molecular complexity index is 1390. The van der Waals surface area contributed by atoms with E-state index < -0.39 is 0 Å². The third-order valence-electron chi connectivity index (χ3n) is 5.12. The zero-order valence-corrected chi connectivity index (χ0v) is 17.2. The van der Waals surface area contributed by atoms with Gasteiger partial charge in [-0.1, -0.05) is 41.9 Å². The van der Waals surface area contributed by atoms with Crippen molar-refractivity contribution in [2.75, 3.05) is 0 Å². The van der Waals surface area contributed by atoms with Crippen molar-refractivity contribution in [2.24, 2.45) is 0 Å². The predicted molar refractivity (Wildman–Crippen MR) is 116 cm³/mol. The third kappa shape index (κ3) is 3.49. The minimum absolute atomic E-state index is 0.0850. The van der Waals surface area contributed by atoms with Crippen LogP contribution in [0.4, 0.5) is 0 Å². The molecule has 0 atom stereocenters. The van der Waals surface area contributed by atoms with Gasteiger partial charge < -0.3 is 8.98 Å². The standard InChI is InChI=1S/C23H16ClN5O2/c1-14-20(21(30)23-28-27-22(31-23)18-6-4-12-25-26-18)17-5-2-3-7-19(17)29(14)13-15-8-10-16(24)11-9-15/h2-12H,13H2,1H3. The molecule has 152 valence electrons. The van der Waals surface area contributed by atoms with E-state index in [0.717, 1.165) is 22.2 Å². The zero-order valence-electron chi connectivity index (χ0n) is 16.5. The molecule has 8 heteroatoms. The van der Waals surface area contributed by atoms with E-state index in [1.54, 1.807) is 18.3 Å². The maximum atomic E-state index is 13.4. The molecule has 7 nitrogen and oxygen atoms in total. The first-order chi connectivity index (χ1) is 15.1. The van der Waals surface area contributed by atoms with Crippen LogP contribution in [0.2, 0.25) is 5.02 Å². The summed E-state index contributed by atoms with van der Waals surface area (Å²) >= 11 is 6.02. The number of carbonyl (C=O) groups is 1. The Hall–Kier alpha value is -3.84. The Labute approximate surface area is 182 Å². The molecular weight excluding hydrogens is 414 g/mol. The van der Waals surface area contributed by atoms with Crippen LogP contribution in [-0.4, -0.2) is 30.7 Å². The van der Waals surface area contributed by atoms with Crippen molar-refractivity contribution in [2.45, 2.75) is 13.5 Å². The number of ketones is 1. The van der Waals surface area contributed by atoms with E-state index in [0.29, 0.717) is 22.8 Å². The van der Waals surface area contributed by atoms with Gasteiger partial charge in [0.15, 0.2) is 0 Å². The molecule has 0 spiro atoms. The topological polar surface area (TPSA) is 86.7 Å². The fourth-order valence-corrected chi connectivity index (χ4v) is 3.76. The number of aromatic nitrogens is 5. The van der Waals surface area contributed by atoms with Crippen LogP contribution in [-0.2, 0) is 6.54 Å². The lowest BCUT2D eigenvalue weighted by atomic mass is 10.1. The van der Waals surface area contributed by atoms with Crippen molar-refractivity contribution in [3.8, 4) is 11.6 Å². The number of carbonyl (C=O) groups excluding carboxylic acids is 1. The van der Waals surface area contributed by atoms with Crippen molar-refractivity contribution in [3.63, 3.8) is 0 Å². The summed E-state index contributed by atoms with van der Waals surface area (Å²) in [6.45, 7) is 2.52. The van der Waals surface area contributed by atoms with Crippen LogP contribution in [0.25, 0.3) is 22.5 Å². The first kappa shape index (κ1) is 19.1. The van der Waals surface area contributed by atoms with Crippen LogP contribution in [0.15, 0.2) is 71.3 Å². The van der Waals surface area contributed by atoms with Crippen LogP contribution in [0.5, 0.6) is 0 Å². The fraction of sp³-hybridized carbons (Fsp3) is 0.0870. The largest absolute Gasteiger partial charge is 0.412 e. The van der Waals surface area contributed by atoms with Gasteiger partial charge in [0.25, 0.3) is 17.6 Å². The molecule has 0 saturated heterocycles. The summed E-state index contributed by atoms with van der Waals surface area (Å²) in [5.41, 5.74) is 3.80. The van der Waals surface area contributed by atoms with Crippen molar-refractivity contribution in [1.82, 2.24) is 25.0 Å². The molecule has 0 unspecified atom stereocenters. The lowest BCUT2D eigenvalue weighted by Crippen LogP contribution is -2.06. The van der Waals surface area contributed by atoms with E-state index in [1.807, 2.05) is 55.5 Å². The highest BCUT2D eigenvalue weighted by atomic mass is 35.5. The highest BCUT2D eigenvalue weighted by Crippen LogP contribution is 2.29. The van der Waals surface area contributed by atoms with Crippen LogP contribution < -0.4 is 0 Å². The number of benzene rings is 2. The molecule has 5 aromatic rings. The molecule has 0 amide bonds. The minimum Gasteiger partial charge on any atom is -0.412 e. The third-order valence-corrected chi connectivity index (χ3v) is 5.37. The highest BCUT2D eigenvalue weighted by molar-refractivity contribution is 6.30. The normalized spacial score (nSPS) is 11.2. The molecular formula is C23H16ClN5O2. The molecule has 0 fully saturated rings. The van der Waals surface area contributed by atoms with E-state index in [9.17, 15) is 4.79 Å². The van der Waals surface area contributed by atoms with Gasteiger partial charge in [0.05, 0.1) is 5.56 Å². The first-order valence-electron chi connectivity index (χ1n) is 9.60. The number of para-hydroxylation sites is 1. The van der Waals surface area contributed by atoms with Gasteiger partial charge >= 0.3 is 0 Å². The van der Waals surface area contributed by atoms with Crippen molar-refractivity contribution in [1.29, 1.82) is 0 Å². The lowest BCUT2D eigenvalue weighted by molar-refractivity contribution is 0.100. The minimum atomic E-state index is -0.328. The summed E-state index contributed by atoms with van der Waals surface area (Å²) in [5, 5.41) is 17.2. The molecule has 0 aliphatic rings. The molecule has 31 heavy (non-hydrogen) atoms. The second-order valence-corrected chi connectivity index (χ2v) is 7.48. The Balaban J connectivity index is 1.57. The van der Waals surface area contributed by atoms with E-state index >= 15 is 0 Å². The molecule has 0 bridgehead atoms. The Morgan fingerprint density at radius 2 is 1.81 bits per heavy atom. The van der Waals surface area contributed by atoms with Gasteiger partial charge in [-0.3, -0.25) is 4.79 Å². The van der Waals surface area contributed by atoms with E-state index in [4.69, 9.17) is 16.0 Å². The summed E-state index contributed by atoms with van der Waals surface area (Å²) in [5.74, 6) is -0.261. The van der Waals surface area contributed by atoms with Gasteiger partial charge in [-0.15, -0.1) is 15.3 Å². The quantitative estimate of drug-likeness (QED) is 0.375. The molecule has 3 heterocycles. The molecule has 0 aliphatic carbocycles. The number of rotatable bonds is 5. The molecule has 2 aromatic carbocycles. The van der Waals surface area contributed by atoms with Gasteiger partial charge in [0.2, 0.25) is 0 Å². The van der Waals surface area contributed by atoms with Gasteiger partial charge in [-0.05, 0) is 42.8 Å². The summed E-state index contributed by atoms with van der Waals surface area (Å²) in [7, 11) is 0. The highest BCUT2D eigenvalue weighted by Gasteiger charge is 2.25. The summed E-state index contributed by atoms with van der Waals surface area (Å²) in [6, 6.07) is 18.8. The first-order valence-corrected chi connectivity index (χ1v) is 9.98. The lowest BCUT2D eigenvalue weighted by Gasteiger charge is -2.09. The predicted octanol–water partition coefficient (Wildman–Crippen LogP) is 4.72. The molecule has 3 aromatic heterocycles. The number of nitrogens with zero attached hydrogens (tertiary/aromatic N) is 5. The van der Waals surface area contributed by atoms with Gasteiger partial charge in [-0.2, -0.15) is 5.10 Å². The average Bonchev–Trinajstić information content (AvgIpc) is 3.40. The summed E-state index contributed by atoms with van der Waals surface area (Å²) < 4.78 is 7.74. The fourth-order valence-electron chi connectivity index (χ4n) is 3.63. The molecule has 0 aliphatic heterocycles. The number of fused-ring (bicyclic) bond motifs is 1. The van der Waals surface area contributed by atoms with E-state index in [2.05, 4.69) is 25.0 Å². The Morgan fingerprint density at radius 3 is 2.58 bits per heavy atom. The van der Waals surface area contributed by atoms with Crippen LogP contribution in [0.1, 0.15) is 27.5 Å². The second-order valence-electron chi connectivity index (χ2n) is 7.04. The van der Waals surface area contributed by atoms with E-state index in [1.165, 1.54) is 0 Å².